The molecule has 0 radical (unpaired) electrons. The van der Waals surface area contributed by atoms with E-state index in [9.17, 15) is 27.9 Å². The van der Waals surface area contributed by atoms with Crippen molar-refractivity contribution in [2.75, 3.05) is 26.2 Å². The van der Waals surface area contributed by atoms with Crippen molar-refractivity contribution in [3.63, 3.8) is 0 Å². The molecular formula is C29H29ClF3N5O4S. The Hall–Kier alpha value is -3.55. The first-order chi connectivity index (χ1) is 20.2. The topological polar surface area (TPSA) is 100 Å². The van der Waals surface area contributed by atoms with Gasteiger partial charge in [0.05, 0.1) is 41.4 Å². The third kappa shape index (κ3) is 7.00. The van der Waals surface area contributed by atoms with Gasteiger partial charge in [0.15, 0.2) is 5.17 Å². The van der Waals surface area contributed by atoms with Crippen LogP contribution in [0.1, 0.15) is 37.5 Å². The molecule has 2 aliphatic heterocycles. The summed E-state index contributed by atoms with van der Waals surface area (Å²) in [6.07, 6.45) is -1.80. The maximum atomic E-state index is 13.6. The molecule has 1 atom stereocenters. The lowest BCUT2D eigenvalue weighted by Crippen LogP contribution is -2.58. The number of aliphatic hydroxyl groups is 1. The highest BCUT2D eigenvalue weighted by molar-refractivity contribution is 8.18. The molecule has 228 valence electrons. The number of aromatic nitrogens is 2. The van der Waals surface area contributed by atoms with E-state index in [1.54, 1.807) is 51.2 Å². The Kier molecular flexibility index (Phi) is 8.52. The Morgan fingerprint density at radius 3 is 2.65 bits per heavy atom. The third-order valence-electron chi connectivity index (χ3n) is 6.86. The number of hydrogen-bond donors (Lipinski definition) is 1. The summed E-state index contributed by atoms with van der Waals surface area (Å²) in [5, 5.41) is 15.4. The van der Waals surface area contributed by atoms with Crippen LogP contribution >= 0.6 is 23.4 Å². The number of rotatable bonds is 4. The molecule has 0 unspecified atom stereocenters. The second-order valence-electron chi connectivity index (χ2n) is 11.2. The highest BCUT2D eigenvalue weighted by atomic mass is 35.5. The minimum atomic E-state index is -4.56. The van der Waals surface area contributed by atoms with Crippen LogP contribution in [-0.4, -0.2) is 79.7 Å². The molecule has 5 rings (SSSR count). The first-order valence-electron chi connectivity index (χ1n) is 13.4. The van der Waals surface area contributed by atoms with Gasteiger partial charge in [0, 0.05) is 30.0 Å². The smallest absolute Gasteiger partial charge is 0.416 e. The minimum Gasteiger partial charge on any atom is -0.444 e. The first kappa shape index (κ1) is 30.9. The standard InChI is InChI=1S/C29H29ClF3N5O4S/c1-28(2,3)42-27(41)37-9-8-36(15-21(37)16-39)26-35-25(40)24(43-26)11-17-4-7-23-19(10-17)13-34-38(23)14-18-5-6-20(30)12-22(18)29(31,32)33/h4-7,10-13,21,39H,8-9,14-16H2,1-3H3/t21-/m1/s1. The number of nitrogens with zero attached hydrogens (tertiary/aromatic N) is 5. The van der Waals surface area contributed by atoms with Gasteiger partial charge in [0.1, 0.15) is 5.60 Å². The van der Waals surface area contributed by atoms with Gasteiger partial charge in [-0.1, -0.05) is 23.7 Å². The molecule has 2 aliphatic rings. The molecule has 0 spiro atoms. The average molecular weight is 636 g/mol. The zero-order chi connectivity index (χ0) is 31.1. The third-order valence-corrected chi connectivity index (χ3v) is 8.14. The van der Waals surface area contributed by atoms with Gasteiger partial charge in [-0.05, 0) is 74.0 Å². The van der Waals surface area contributed by atoms with Crippen molar-refractivity contribution in [3.8, 4) is 0 Å². The van der Waals surface area contributed by atoms with Gasteiger partial charge in [-0.25, -0.2) is 4.79 Å². The second kappa shape index (κ2) is 11.9. The van der Waals surface area contributed by atoms with Gasteiger partial charge in [-0.15, -0.1) is 0 Å². The zero-order valence-electron chi connectivity index (χ0n) is 23.6. The summed E-state index contributed by atoms with van der Waals surface area (Å²) in [5.41, 5.74) is -0.105. The van der Waals surface area contributed by atoms with Crippen LogP contribution in [0.15, 0.2) is 52.5 Å². The SMILES string of the molecule is CC(C)(C)OC(=O)N1CCN(C2=NC(=O)C(=Cc3ccc4c(cnn4Cc4ccc(Cl)cc4C(F)(F)F)c3)S2)C[C@@H]1CO. The summed E-state index contributed by atoms with van der Waals surface area (Å²) < 4.78 is 47.6. The molecule has 14 heteroatoms. The Balaban J connectivity index is 1.28. The first-order valence-corrected chi connectivity index (χ1v) is 14.6. The molecule has 0 bridgehead atoms. The predicted molar refractivity (Wildman–Crippen MR) is 159 cm³/mol. The molecule has 3 aromatic rings. The van der Waals surface area contributed by atoms with E-state index in [-0.39, 0.29) is 30.3 Å². The van der Waals surface area contributed by atoms with Crippen LogP contribution < -0.4 is 0 Å². The molecule has 43 heavy (non-hydrogen) atoms. The Morgan fingerprint density at radius 1 is 1.19 bits per heavy atom. The predicted octanol–water partition coefficient (Wildman–Crippen LogP) is 5.64. The number of aliphatic imine (C=N–C) groups is 1. The molecule has 1 saturated heterocycles. The highest BCUT2D eigenvalue weighted by Crippen LogP contribution is 2.35. The van der Waals surface area contributed by atoms with E-state index in [4.69, 9.17) is 16.3 Å². The molecule has 2 amide bonds. The van der Waals surface area contributed by atoms with E-state index in [0.29, 0.717) is 39.6 Å². The van der Waals surface area contributed by atoms with Gasteiger partial charge in [0.25, 0.3) is 5.91 Å². The van der Waals surface area contributed by atoms with Crippen LogP contribution in [0.2, 0.25) is 5.02 Å². The molecule has 0 saturated carbocycles. The number of benzene rings is 2. The van der Waals surface area contributed by atoms with Crippen LogP contribution in [0.5, 0.6) is 0 Å². The number of alkyl halides is 3. The Morgan fingerprint density at radius 2 is 1.95 bits per heavy atom. The van der Waals surface area contributed by atoms with E-state index in [1.807, 2.05) is 4.90 Å². The minimum absolute atomic E-state index is 0.00168. The molecule has 1 N–H and O–H groups in total. The van der Waals surface area contributed by atoms with Gasteiger partial charge < -0.3 is 14.7 Å². The van der Waals surface area contributed by atoms with Crippen LogP contribution in [-0.2, 0) is 22.3 Å². The highest BCUT2D eigenvalue weighted by Gasteiger charge is 2.37. The second-order valence-corrected chi connectivity index (χ2v) is 12.6. The Bertz CT molecular complexity index is 1630. The number of hydrogen-bond acceptors (Lipinski definition) is 7. The van der Waals surface area contributed by atoms with Crippen molar-refractivity contribution in [3.05, 3.63) is 69.2 Å². The maximum Gasteiger partial charge on any atom is 0.416 e. The van der Waals surface area contributed by atoms with E-state index < -0.39 is 35.4 Å². The van der Waals surface area contributed by atoms with E-state index in [0.717, 1.165) is 6.07 Å². The quantitative estimate of drug-likeness (QED) is 0.371. The maximum absolute atomic E-state index is 13.6. The lowest BCUT2D eigenvalue weighted by Gasteiger charge is -2.41. The van der Waals surface area contributed by atoms with Crippen molar-refractivity contribution >= 4 is 57.5 Å². The van der Waals surface area contributed by atoms with Gasteiger partial charge in [0.2, 0.25) is 0 Å². The number of piperazine rings is 1. The van der Waals surface area contributed by atoms with Crippen molar-refractivity contribution in [2.24, 2.45) is 4.99 Å². The number of aliphatic hydroxyl groups excluding tert-OH is 1. The molecular weight excluding hydrogens is 607 g/mol. The lowest BCUT2D eigenvalue weighted by atomic mass is 10.1. The number of carbonyl (C=O) groups excluding carboxylic acids is 2. The van der Waals surface area contributed by atoms with Crippen LogP contribution in [0, 0.1) is 0 Å². The van der Waals surface area contributed by atoms with E-state index in [1.165, 1.54) is 33.5 Å². The number of amides is 2. The van der Waals surface area contributed by atoms with Gasteiger partial charge in [-0.2, -0.15) is 23.3 Å². The van der Waals surface area contributed by atoms with Crippen LogP contribution in [0.25, 0.3) is 17.0 Å². The molecule has 1 fully saturated rings. The van der Waals surface area contributed by atoms with E-state index >= 15 is 0 Å². The number of carbonyl (C=O) groups is 2. The number of amidine groups is 1. The Labute approximate surface area is 254 Å². The average Bonchev–Trinajstić information content (AvgIpc) is 3.50. The summed E-state index contributed by atoms with van der Waals surface area (Å²) >= 11 is 7.01. The monoisotopic (exact) mass is 635 g/mol. The number of fused-ring (bicyclic) bond motifs is 1. The molecule has 0 aliphatic carbocycles. The van der Waals surface area contributed by atoms with Crippen molar-refractivity contribution in [2.45, 2.75) is 45.1 Å². The van der Waals surface area contributed by atoms with Crippen LogP contribution in [0.4, 0.5) is 18.0 Å². The van der Waals surface area contributed by atoms with Gasteiger partial charge in [-0.3, -0.25) is 14.4 Å². The fourth-order valence-electron chi connectivity index (χ4n) is 4.86. The fourth-order valence-corrected chi connectivity index (χ4v) is 5.98. The normalized spacial score (nSPS) is 19.0. The summed E-state index contributed by atoms with van der Waals surface area (Å²) in [7, 11) is 0. The number of thioether (sulfide) groups is 1. The number of halogens is 4. The van der Waals surface area contributed by atoms with E-state index in [2.05, 4.69) is 10.1 Å². The van der Waals surface area contributed by atoms with Crippen molar-refractivity contribution < 1.29 is 32.6 Å². The molecule has 3 heterocycles. The number of ether oxygens (including phenoxy) is 1. The summed E-state index contributed by atoms with van der Waals surface area (Å²) in [6.45, 7) is 5.96. The molecule has 2 aromatic carbocycles. The molecule has 9 nitrogen and oxygen atoms in total. The summed E-state index contributed by atoms with van der Waals surface area (Å²) in [5.74, 6) is -0.409. The van der Waals surface area contributed by atoms with Crippen molar-refractivity contribution in [1.29, 1.82) is 0 Å². The summed E-state index contributed by atoms with van der Waals surface area (Å²) in [4.78, 5) is 33.3. The fraction of sp³-hybridized carbons (Fsp3) is 0.379. The summed E-state index contributed by atoms with van der Waals surface area (Å²) in [6, 6.07) is 8.45. The molecule has 1 aromatic heterocycles. The van der Waals surface area contributed by atoms with Crippen LogP contribution in [0.3, 0.4) is 0 Å². The van der Waals surface area contributed by atoms with Gasteiger partial charge >= 0.3 is 12.3 Å². The van der Waals surface area contributed by atoms with Crippen molar-refractivity contribution in [1.82, 2.24) is 19.6 Å². The zero-order valence-corrected chi connectivity index (χ0v) is 25.1. The largest absolute Gasteiger partial charge is 0.444 e. The lowest BCUT2D eigenvalue weighted by molar-refractivity contribution is -0.138.